The van der Waals surface area contributed by atoms with Crippen molar-refractivity contribution in [2.45, 2.75) is 51.9 Å². The summed E-state index contributed by atoms with van der Waals surface area (Å²) in [6.45, 7) is 11.3. The Morgan fingerprint density at radius 2 is 1.32 bits per heavy atom. The van der Waals surface area contributed by atoms with Crippen LogP contribution in [-0.2, 0) is 4.57 Å². The average Bonchev–Trinajstić information content (AvgIpc) is 2.25. The fourth-order valence-corrected chi connectivity index (χ4v) is 6.40. The summed E-state index contributed by atoms with van der Waals surface area (Å²) in [6, 6.07) is 7.08. The van der Waals surface area contributed by atoms with Gasteiger partial charge in [-0.05, 0) is 24.3 Å². The molecule has 0 saturated carbocycles. The maximum Gasteiger partial charge on any atom is 0.222 e. The molecule has 0 saturated heterocycles. The molecular weight excluding hydrogens is 323 g/mol. The van der Waals surface area contributed by atoms with Crippen molar-refractivity contribution >= 4 is 28.6 Å². The van der Waals surface area contributed by atoms with Crippen molar-refractivity contribution in [2.75, 3.05) is 0 Å². The van der Waals surface area contributed by atoms with Crippen LogP contribution in [0.4, 0.5) is 0 Å². The third-order valence-corrected chi connectivity index (χ3v) is 8.40. The highest BCUT2D eigenvalue weighted by Crippen LogP contribution is 2.68. The molecule has 19 heavy (non-hydrogen) atoms. The molecule has 1 aromatic carbocycles. The predicted molar refractivity (Wildman–Crippen MR) is 85.6 cm³/mol. The maximum absolute atomic E-state index is 13.5. The number of carbonyl (C=O) groups excluding carboxylic acids is 1. The van der Waals surface area contributed by atoms with E-state index in [2.05, 4.69) is 15.9 Å². The van der Waals surface area contributed by atoms with Crippen LogP contribution in [-0.4, -0.2) is 15.8 Å². The van der Waals surface area contributed by atoms with Gasteiger partial charge in [-0.25, -0.2) is 0 Å². The first-order chi connectivity index (χ1) is 8.41. The number of carbonyl (C=O) groups is 1. The average molecular weight is 345 g/mol. The summed E-state index contributed by atoms with van der Waals surface area (Å²) in [5.41, 5.74) is 0.302. The van der Waals surface area contributed by atoms with Gasteiger partial charge < -0.3 is 4.57 Å². The van der Waals surface area contributed by atoms with E-state index in [1.807, 2.05) is 53.7 Å². The molecule has 0 aliphatic rings. The lowest BCUT2D eigenvalue weighted by Gasteiger charge is -2.39. The molecule has 4 heteroatoms. The van der Waals surface area contributed by atoms with E-state index in [0.717, 1.165) is 4.47 Å². The minimum Gasteiger partial charge on any atom is -0.314 e. The summed E-state index contributed by atoms with van der Waals surface area (Å²) < 4.78 is 14.4. The lowest BCUT2D eigenvalue weighted by Crippen LogP contribution is -2.33. The maximum atomic E-state index is 13.5. The molecule has 0 aromatic heterocycles. The summed E-state index contributed by atoms with van der Waals surface area (Å²) in [7, 11) is -3.07. The van der Waals surface area contributed by atoms with Crippen molar-refractivity contribution in [3.63, 3.8) is 0 Å². The van der Waals surface area contributed by atoms with Gasteiger partial charge >= 0.3 is 0 Å². The fraction of sp³-hybridized carbons (Fsp3) is 0.533. The Bertz CT molecular complexity index is 501. The standard InChI is InChI=1S/C15H22BrO2P/c1-14(2,3)19(18,15(4,5)6)13(17)11-7-9-12(16)10-8-11/h7-10H,1-6H3. The van der Waals surface area contributed by atoms with Gasteiger partial charge in [-0.2, -0.15) is 0 Å². The molecule has 0 radical (unpaired) electrons. The van der Waals surface area contributed by atoms with E-state index in [9.17, 15) is 9.36 Å². The molecule has 0 unspecified atom stereocenters. The topological polar surface area (TPSA) is 34.1 Å². The van der Waals surface area contributed by atoms with Crippen molar-refractivity contribution in [3.05, 3.63) is 34.3 Å². The molecule has 106 valence electrons. The lowest BCUT2D eigenvalue weighted by atomic mass is 10.2. The van der Waals surface area contributed by atoms with Crippen LogP contribution in [0.15, 0.2) is 28.7 Å². The van der Waals surface area contributed by atoms with Crippen LogP contribution in [0.5, 0.6) is 0 Å². The van der Waals surface area contributed by atoms with Crippen molar-refractivity contribution in [1.82, 2.24) is 0 Å². The van der Waals surface area contributed by atoms with Gasteiger partial charge in [0.05, 0.1) is 0 Å². The second kappa shape index (κ2) is 5.18. The van der Waals surface area contributed by atoms with Gasteiger partial charge in [0.25, 0.3) is 0 Å². The Hall–Kier alpha value is -0.400. The third-order valence-electron chi connectivity index (χ3n) is 3.27. The predicted octanol–water partition coefficient (Wildman–Crippen LogP) is 5.55. The van der Waals surface area contributed by atoms with Crippen LogP contribution in [0.25, 0.3) is 0 Å². The van der Waals surface area contributed by atoms with Crippen LogP contribution in [0.1, 0.15) is 51.9 Å². The Morgan fingerprint density at radius 1 is 0.947 bits per heavy atom. The van der Waals surface area contributed by atoms with Crippen molar-refractivity contribution in [2.24, 2.45) is 0 Å². The molecule has 2 nitrogen and oxygen atoms in total. The molecule has 1 rings (SSSR count). The van der Waals surface area contributed by atoms with Crippen molar-refractivity contribution in [1.29, 1.82) is 0 Å². The first-order valence-corrected chi connectivity index (χ1v) is 8.82. The zero-order valence-corrected chi connectivity index (χ0v) is 14.9. The van der Waals surface area contributed by atoms with Crippen molar-refractivity contribution in [3.8, 4) is 0 Å². The summed E-state index contributed by atoms with van der Waals surface area (Å²) in [4.78, 5) is 12.8. The highest BCUT2D eigenvalue weighted by molar-refractivity contribution is 9.10. The second-order valence-electron chi connectivity index (χ2n) is 6.76. The van der Waals surface area contributed by atoms with E-state index >= 15 is 0 Å². The molecule has 1 aromatic rings. The number of benzene rings is 1. The van der Waals surface area contributed by atoms with Crippen LogP contribution in [0.3, 0.4) is 0 Å². The number of rotatable bonds is 2. The van der Waals surface area contributed by atoms with Gasteiger partial charge in [-0.15, -0.1) is 0 Å². The molecule has 0 N–H and O–H groups in total. The van der Waals surface area contributed by atoms with Gasteiger partial charge in [-0.3, -0.25) is 4.79 Å². The summed E-state index contributed by atoms with van der Waals surface area (Å²) >= 11 is 3.34. The van der Waals surface area contributed by atoms with E-state index in [-0.39, 0.29) is 5.52 Å². The molecule has 0 fully saturated rings. The van der Waals surface area contributed by atoms with Gasteiger partial charge in [-0.1, -0.05) is 57.5 Å². The monoisotopic (exact) mass is 344 g/mol. The molecule has 0 spiro atoms. The highest BCUT2D eigenvalue weighted by Gasteiger charge is 2.51. The van der Waals surface area contributed by atoms with E-state index in [1.165, 1.54) is 0 Å². The Labute approximate surface area is 124 Å². The Kier molecular flexibility index (Phi) is 4.54. The van der Waals surface area contributed by atoms with E-state index in [1.54, 1.807) is 12.1 Å². The lowest BCUT2D eigenvalue weighted by molar-refractivity contribution is 0.106. The molecule has 0 atom stereocenters. The largest absolute Gasteiger partial charge is 0.314 e. The second-order valence-corrected chi connectivity index (χ2v) is 12.0. The number of hydrogen-bond acceptors (Lipinski definition) is 2. The molecule has 0 aliphatic carbocycles. The summed E-state index contributed by atoms with van der Waals surface area (Å²) in [5, 5.41) is -1.09. The molecule has 0 amide bonds. The minimum absolute atomic E-state index is 0.222. The number of halogens is 1. The summed E-state index contributed by atoms with van der Waals surface area (Å²) in [6.07, 6.45) is 0. The van der Waals surface area contributed by atoms with Crippen LogP contribution < -0.4 is 0 Å². The van der Waals surface area contributed by atoms with E-state index in [0.29, 0.717) is 5.56 Å². The van der Waals surface area contributed by atoms with Gasteiger partial charge in [0, 0.05) is 20.3 Å². The van der Waals surface area contributed by atoms with E-state index < -0.39 is 17.5 Å². The summed E-state index contributed by atoms with van der Waals surface area (Å²) in [5.74, 6) is 0. The zero-order chi connectivity index (χ0) is 15.1. The smallest absolute Gasteiger partial charge is 0.222 e. The molecule has 0 heterocycles. The van der Waals surface area contributed by atoms with Gasteiger partial charge in [0.1, 0.15) is 0 Å². The number of hydrogen-bond donors (Lipinski definition) is 0. The van der Waals surface area contributed by atoms with E-state index in [4.69, 9.17) is 0 Å². The quantitative estimate of drug-likeness (QED) is 0.659. The first kappa shape index (κ1) is 16.7. The highest BCUT2D eigenvalue weighted by atomic mass is 79.9. The molecular formula is C15H22BrO2P. The first-order valence-electron chi connectivity index (χ1n) is 6.32. The van der Waals surface area contributed by atoms with Crippen LogP contribution in [0, 0.1) is 0 Å². The minimum atomic E-state index is -3.07. The molecule has 0 aliphatic heterocycles. The molecule has 0 bridgehead atoms. The zero-order valence-electron chi connectivity index (χ0n) is 12.5. The van der Waals surface area contributed by atoms with Crippen LogP contribution >= 0.6 is 23.1 Å². The SMILES string of the molecule is CC(C)(C)P(=O)(C(=O)c1ccc(Br)cc1)C(C)(C)C. The van der Waals surface area contributed by atoms with Gasteiger partial charge in [0.15, 0.2) is 7.14 Å². The van der Waals surface area contributed by atoms with Crippen LogP contribution in [0.2, 0.25) is 0 Å². The Morgan fingerprint density at radius 3 is 1.63 bits per heavy atom. The van der Waals surface area contributed by atoms with Crippen molar-refractivity contribution < 1.29 is 9.36 Å². The Balaban J connectivity index is 3.41. The fourth-order valence-electron chi connectivity index (χ4n) is 2.39. The third kappa shape index (κ3) is 3.03. The normalized spacial score (nSPS) is 13.4. The van der Waals surface area contributed by atoms with Gasteiger partial charge in [0.2, 0.25) is 5.52 Å².